The molecule has 0 fully saturated rings. The van der Waals surface area contributed by atoms with Crippen molar-refractivity contribution in [1.29, 1.82) is 0 Å². The second kappa shape index (κ2) is 17.8. The van der Waals surface area contributed by atoms with Crippen LogP contribution in [-0.2, 0) is 21.7 Å². The predicted molar refractivity (Wildman–Crippen MR) is 178 cm³/mol. The number of halogens is 3. The van der Waals surface area contributed by atoms with Gasteiger partial charge in [0.05, 0.1) is 42.7 Å². The number of rotatable bonds is 10. The van der Waals surface area contributed by atoms with Gasteiger partial charge in [0.25, 0.3) is 0 Å². The second-order valence-electron chi connectivity index (χ2n) is 11.2. The van der Waals surface area contributed by atoms with E-state index in [0.717, 1.165) is 66.7 Å². The Balaban J connectivity index is 0.00000529. The minimum absolute atomic E-state index is 0. The van der Waals surface area contributed by atoms with Crippen molar-refractivity contribution < 1.29 is 87.4 Å². The zero-order valence-corrected chi connectivity index (χ0v) is 34.4. The average Bonchev–Trinajstić information content (AvgIpc) is 3.19. The minimum Gasteiger partial charge on any atom is -1.00 e. The van der Waals surface area contributed by atoms with Crippen molar-refractivity contribution in [2.24, 2.45) is 0 Å². The van der Waals surface area contributed by atoms with Crippen LogP contribution in [0.3, 0.4) is 0 Å². The zero-order valence-electron chi connectivity index (χ0n) is 29.5. The number of ether oxygens (including phenoxy) is 6. The maximum atomic E-state index is 6.32. The van der Waals surface area contributed by atoms with Crippen LogP contribution in [0, 0.1) is 48.5 Å². The zero-order chi connectivity index (χ0) is 31.8. The Bertz CT molecular complexity index is 1510. The molecule has 0 spiro atoms. The molecular formula is C36H45Cl3O6SiTi. The van der Waals surface area contributed by atoms with Crippen molar-refractivity contribution in [3.8, 4) is 34.5 Å². The molecule has 0 heterocycles. The van der Waals surface area contributed by atoms with Crippen molar-refractivity contribution in [2.45, 2.75) is 48.5 Å². The van der Waals surface area contributed by atoms with Gasteiger partial charge in [0.2, 0.25) is 0 Å². The molecule has 47 heavy (non-hydrogen) atoms. The van der Waals surface area contributed by atoms with E-state index in [1.807, 2.05) is 18.2 Å². The van der Waals surface area contributed by atoms with Crippen LogP contribution in [0.5, 0.6) is 34.5 Å². The van der Waals surface area contributed by atoms with Crippen LogP contribution in [0.15, 0.2) is 36.4 Å². The van der Waals surface area contributed by atoms with E-state index in [-0.39, 0.29) is 58.9 Å². The van der Waals surface area contributed by atoms with Crippen molar-refractivity contribution in [3.05, 3.63) is 75.3 Å². The molecule has 0 aliphatic heterocycles. The van der Waals surface area contributed by atoms with E-state index in [1.165, 1.54) is 27.4 Å². The Morgan fingerprint density at radius 3 is 0.894 bits per heavy atom. The summed E-state index contributed by atoms with van der Waals surface area (Å²) in [6.07, 6.45) is 0. The number of aryl methyl sites for hydroxylation is 3. The molecule has 0 amide bonds. The maximum absolute atomic E-state index is 6.32. The van der Waals surface area contributed by atoms with Crippen molar-refractivity contribution in [2.75, 3.05) is 42.7 Å². The molecule has 0 atom stereocenters. The Hall–Kier alpha value is -2.39. The summed E-state index contributed by atoms with van der Waals surface area (Å²) in [5.74, 6) is 4.64. The fourth-order valence-electron chi connectivity index (χ4n) is 6.85. The molecule has 254 valence electrons. The molecule has 4 aromatic carbocycles. The van der Waals surface area contributed by atoms with Gasteiger partial charge in [-0.15, -0.1) is 5.19 Å². The van der Waals surface area contributed by atoms with Gasteiger partial charge in [0.15, 0.2) is 0 Å². The molecule has 0 unspecified atom stereocenters. The molecule has 0 N–H and O–H groups in total. The third-order valence-corrected chi connectivity index (χ3v) is 14.1. The van der Waals surface area contributed by atoms with Gasteiger partial charge < -0.3 is 65.6 Å². The van der Waals surface area contributed by atoms with Gasteiger partial charge in [0, 0.05) is 0 Å². The Labute approximate surface area is 315 Å². The predicted octanol–water partition coefficient (Wildman–Crippen LogP) is -4.00. The number of hydrogen-bond donors (Lipinski definition) is 0. The normalized spacial score (nSPS) is 10.4. The van der Waals surface area contributed by atoms with Crippen LogP contribution in [0.1, 0.15) is 38.9 Å². The number of hydrogen-bond acceptors (Lipinski definition) is 6. The molecule has 11 heteroatoms. The van der Waals surface area contributed by atoms with E-state index in [9.17, 15) is 0 Å². The van der Waals surface area contributed by atoms with Crippen LogP contribution >= 0.6 is 0 Å². The van der Waals surface area contributed by atoms with Crippen molar-refractivity contribution in [1.82, 2.24) is 0 Å². The van der Waals surface area contributed by atoms with E-state index < -0.39 is 8.07 Å². The van der Waals surface area contributed by atoms with Gasteiger partial charge in [-0.1, -0.05) is 27.7 Å². The Morgan fingerprint density at radius 1 is 0.426 bits per heavy atom. The molecule has 0 aliphatic carbocycles. The average molecular weight is 756 g/mol. The van der Waals surface area contributed by atoms with Gasteiger partial charge in [-0.25, -0.2) is 0 Å². The first-order valence-electron chi connectivity index (χ1n) is 14.4. The summed E-state index contributed by atoms with van der Waals surface area (Å²) in [5.41, 5.74) is 7.91. The third-order valence-electron chi connectivity index (χ3n) is 9.09. The molecule has 0 saturated heterocycles. The largest absolute Gasteiger partial charge is 4.00 e. The molecular weight excluding hydrogens is 711 g/mol. The number of methoxy groups -OCH3 is 6. The summed E-state index contributed by atoms with van der Waals surface area (Å²) in [4.78, 5) is 0. The van der Waals surface area contributed by atoms with E-state index in [2.05, 4.69) is 66.7 Å². The molecule has 0 aliphatic rings. The second-order valence-corrected chi connectivity index (χ2v) is 14.8. The number of benzene rings is 3. The molecule has 4 aromatic rings. The first-order chi connectivity index (χ1) is 20.5. The van der Waals surface area contributed by atoms with Gasteiger partial charge >= 0.3 is 21.7 Å². The molecule has 6 nitrogen and oxygen atoms in total. The first kappa shape index (κ1) is 44.6. The molecule has 0 radical (unpaired) electrons. The summed E-state index contributed by atoms with van der Waals surface area (Å²) in [6.45, 7) is 15.1. The fraction of sp³-hybridized carbons (Fsp3) is 0.361. The first-order valence-corrected chi connectivity index (χ1v) is 16.4. The van der Waals surface area contributed by atoms with Gasteiger partial charge in [-0.05, 0) is 89.4 Å². The molecule has 0 saturated carbocycles. The summed E-state index contributed by atoms with van der Waals surface area (Å²) in [6, 6.07) is 12.5. The molecule has 4 rings (SSSR count). The summed E-state index contributed by atoms with van der Waals surface area (Å²) in [7, 11) is 6.87. The van der Waals surface area contributed by atoms with Crippen molar-refractivity contribution in [3.63, 3.8) is 0 Å². The topological polar surface area (TPSA) is 55.4 Å². The quantitative estimate of drug-likeness (QED) is 0.0937. The Morgan fingerprint density at radius 2 is 0.681 bits per heavy atom. The maximum Gasteiger partial charge on any atom is 4.00 e. The third kappa shape index (κ3) is 7.31. The summed E-state index contributed by atoms with van der Waals surface area (Å²) < 4.78 is 36.8. The van der Waals surface area contributed by atoms with Gasteiger partial charge in [0.1, 0.15) is 42.6 Å². The molecule has 0 bridgehead atoms. The van der Waals surface area contributed by atoms with Crippen LogP contribution in [-0.4, -0.2) is 50.7 Å². The monoisotopic (exact) mass is 754 g/mol. The molecule has 0 aromatic heterocycles. The van der Waals surface area contributed by atoms with Crippen LogP contribution in [0.2, 0.25) is 0 Å². The smallest absolute Gasteiger partial charge is 1.00 e. The van der Waals surface area contributed by atoms with Crippen molar-refractivity contribution >= 4 is 28.8 Å². The standard InChI is InChI=1S/C36H45O6Si.3ClH.Ti/c1-20-14-27(37-8)17-30(33(20)40-11)43(36-25(6)23(4)24(5)26(36)7,31-18-28(38-9)15-21(2)34(31)41-12)32-19-29(39-10)16-22(3)35(32)42-13;;;;/h14-19H,1-13H3;3*1H;/q-1;;;;+4/p-3. The van der Waals surface area contributed by atoms with E-state index in [1.54, 1.807) is 42.7 Å². The summed E-state index contributed by atoms with van der Waals surface area (Å²) >= 11 is 0. The van der Waals surface area contributed by atoms with Crippen LogP contribution in [0.4, 0.5) is 0 Å². The van der Waals surface area contributed by atoms with Crippen LogP contribution in [0.25, 0.3) is 0 Å². The Kier molecular flexibility index (Phi) is 16.9. The van der Waals surface area contributed by atoms with Gasteiger partial charge in [-0.3, -0.25) is 0 Å². The summed E-state index contributed by atoms with van der Waals surface area (Å²) in [5, 5.41) is 4.34. The van der Waals surface area contributed by atoms with E-state index >= 15 is 0 Å². The van der Waals surface area contributed by atoms with Gasteiger partial charge in [-0.2, -0.15) is 22.3 Å². The fourth-order valence-corrected chi connectivity index (χ4v) is 13.0. The van der Waals surface area contributed by atoms with E-state index in [0.29, 0.717) is 0 Å². The van der Waals surface area contributed by atoms with E-state index in [4.69, 9.17) is 28.4 Å². The van der Waals surface area contributed by atoms with Crippen LogP contribution < -0.4 is 86.4 Å². The SMILES string of the molecule is COc1cc(C)c(OC)c([Si](c2cc(OC)cc(C)c2OC)(c2cc(OC)cc(C)c2OC)[c-]2c(C)c(C)c(C)c2C)c1.[Cl-].[Cl-].[Cl-].[Ti+4]. The minimum atomic E-state index is -3.45.